The van der Waals surface area contributed by atoms with Crippen LogP contribution in [0.4, 0.5) is 4.39 Å². The Labute approximate surface area is 128 Å². The van der Waals surface area contributed by atoms with Crippen LogP contribution in [0.2, 0.25) is 0 Å². The van der Waals surface area contributed by atoms with E-state index in [1.165, 1.54) is 24.3 Å². The Morgan fingerprint density at radius 3 is 2.27 bits per heavy atom. The Morgan fingerprint density at radius 1 is 1.00 bits per heavy atom. The van der Waals surface area contributed by atoms with Gasteiger partial charge in [-0.25, -0.2) is 17.5 Å². The number of halogens is 1. The summed E-state index contributed by atoms with van der Waals surface area (Å²) in [5, 5.41) is 2.55. The van der Waals surface area contributed by atoms with E-state index in [9.17, 15) is 17.6 Å². The number of rotatable bonds is 6. The normalized spacial score (nSPS) is 11.1. The first kappa shape index (κ1) is 16.1. The number of hydrogen-bond acceptors (Lipinski definition) is 3. The molecule has 5 nitrogen and oxygen atoms in total. The van der Waals surface area contributed by atoms with Gasteiger partial charge in [0.25, 0.3) is 0 Å². The summed E-state index contributed by atoms with van der Waals surface area (Å²) >= 11 is 0. The van der Waals surface area contributed by atoms with Crippen LogP contribution in [0.3, 0.4) is 0 Å². The maximum Gasteiger partial charge on any atom is 0.241 e. The number of amides is 1. The number of carbonyl (C=O) groups excluding carboxylic acids is 1. The van der Waals surface area contributed by atoms with Crippen molar-refractivity contribution in [2.24, 2.45) is 0 Å². The molecule has 22 heavy (non-hydrogen) atoms. The van der Waals surface area contributed by atoms with E-state index in [0.717, 1.165) is 5.56 Å². The van der Waals surface area contributed by atoms with Crippen LogP contribution in [0.15, 0.2) is 59.5 Å². The van der Waals surface area contributed by atoms with Gasteiger partial charge < -0.3 is 5.32 Å². The second kappa shape index (κ2) is 7.15. The van der Waals surface area contributed by atoms with Crippen LogP contribution in [-0.4, -0.2) is 20.9 Å². The lowest BCUT2D eigenvalue weighted by Gasteiger charge is -2.08. The van der Waals surface area contributed by atoms with Crippen molar-refractivity contribution in [3.8, 4) is 0 Å². The zero-order valence-corrected chi connectivity index (χ0v) is 12.4. The molecule has 0 radical (unpaired) electrons. The van der Waals surface area contributed by atoms with Crippen molar-refractivity contribution in [2.45, 2.75) is 11.4 Å². The van der Waals surface area contributed by atoms with Crippen LogP contribution in [0, 0.1) is 5.82 Å². The summed E-state index contributed by atoms with van der Waals surface area (Å²) in [5.74, 6) is -0.825. The highest BCUT2D eigenvalue weighted by Crippen LogP contribution is 2.06. The first-order chi connectivity index (χ1) is 10.5. The molecule has 1 amide bonds. The lowest BCUT2D eigenvalue weighted by atomic mass is 10.2. The summed E-state index contributed by atoms with van der Waals surface area (Å²) in [6, 6.07) is 13.5. The fourth-order valence-corrected chi connectivity index (χ4v) is 2.71. The van der Waals surface area contributed by atoms with Crippen molar-refractivity contribution < 1.29 is 17.6 Å². The van der Waals surface area contributed by atoms with Crippen LogP contribution < -0.4 is 10.0 Å². The van der Waals surface area contributed by atoms with E-state index in [4.69, 9.17) is 0 Å². The minimum absolute atomic E-state index is 0.0985. The molecule has 0 aliphatic heterocycles. The number of benzene rings is 2. The maximum atomic E-state index is 12.7. The first-order valence-electron chi connectivity index (χ1n) is 6.53. The Kier molecular flexibility index (Phi) is 5.24. The van der Waals surface area contributed by atoms with Crippen LogP contribution in [0.5, 0.6) is 0 Å². The van der Waals surface area contributed by atoms with Gasteiger partial charge in [0, 0.05) is 6.54 Å². The second-order valence-electron chi connectivity index (χ2n) is 4.54. The molecular weight excluding hydrogens is 307 g/mol. The van der Waals surface area contributed by atoms with E-state index in [-0.39, 0.29) is 23.8 Å². The molecule has 0 heterocycles. The number of nitrogens with one attached hydrogen (secondary N) is 2. The van der Waals surface area contributed by atoms with Crippen LogP contribution in [0.1, 0.15) is 5.56 Å². The van der Waals surface area contributed by atoms with Gasteiger partial charge in [-0.3, -0.25) is 4.79 Å². The molecule has 7 heteroatoms. The van der Waals surface area contributed by atoms with Crippen LogP contribution in [-0.2, 0) is 21.4 Å². The molecule has 0 aliphatic carbocycles. The van der Waals surface area contributed by atoms with Gasteiger partial charge in [0.15, 0.2) is 0 Å². The molecule has 2 rings (SSSR count). The minimum atomic E-state index is -3.70. The lowest BCUT2D eigenvalue weighted by Crippen LogP contribution is -2.36. The summed E-state index contributed by atoms with van der Waals surface area (Å²) in [5.41, 5.74) is 0.723. The third-order valence-electron chi connectivity index (χ3n) is 2.88. The number of carbonyl (C=O) groups is 1. The fraction of sp³-hybridized carbons (Fsp3) is 0.133. The van der Waals surface area contributed by atoms with Gasteiger partial charge >= 0.3 is 0 Å². The molecule has 0 saturated carbocycles. The summed E-state index contributed by atoms with van der Waals surface area (Å²) in [6.07, 6.45) is 0. The summed E-state index contributed by atoms with van der Waals surface area (Å²) in [4.78, 5) is 11.7. The average Bonchev–Trinajstić information content (AvgIpc) is 2.53. The minimum Gasteiger partial charge on any atom is -0.351 e. The zero-order chi connectivity index (χ0) is 16.0. The molecule has 0 saturated heterocycles. The number of hydrogen-bond donors (Lipinski definition) is 2. The molecular formula is C15H15FN2O3S. The fourth-order valence-electron chi connectivity index (χ4n) is 1.71. The van der Waals surface area contributed by atoms with Crippen molar-refractivity contribution in [1.29, 1.82) is 0 Å². The maximum absolute atomic E-state index is 12.7. The van der Waals surface area contributed by atoms with Gasteiger partial charge in [-0.2, -0.15) is 0 Å². The summed E-state index contributed by atoms with van der Waals surface area (Å²) in [7, 11) is -3.70. The van der Waals surface area contributed by atoms with E-state index >= 15 is 0 Å². The van der Waals surface area contributed by atoms with Gasteiger partial charge in [-0.15, -0.1) is 0 Å². The Bertz CT molecular complexity index is 731. The first-order valence-corrected chi connectivity index (χ1v) is 8.01. The highest BCUT2D eigenvalue weighted by molar-refractivity contribution is 7.89. The molecule has 0 spiro atoms. The van der Waals surface area contributed by atoms with E-state index in [1.807, 2.05) is 0 Å². The predicted octanol–water partition coefficient (Wildman–Crippen LogP) is 1.42. The largest absolute Gasteiger partial charge is 0.351 e. The smallest absolute Gasteiger partial charge is 0.241 e. The van der Waals surface area contributed by atoms with E-state index < -0.39 is 15.9 Å². The van der Waals surface area contributed by atoms with Crippen molar-refractivity contribution in [1.82, 2.24) is 10.0 Å². The quantitative estimate of drug-likeness (QED) is 0.844. The molecule has 0 unspecified atom stereocenters. The summed E-state index contributed by atoms with van der Waals surface area (Å²) < 4.78 is 38.8. The zero-order valence-electron chi connectivity index (χ0n) is 11.6. The average molecular weight is 322 g/mol. The molecule has 2 aromatic rings. The number of sulfonamides is 1. The SMILES string of the molecule is O=C(CNS(=O)(=O)c1ccccc1)NCc1ccc(F)cc1. The van der Waals surface area contributed by atoms with Crippen molar-refractivity contribution in [2.75, 3.05) is 6.54 Å². The molecule has 2 aromatic carbocycles. The predicted molar refractivity (Wildman–Crippen MR) is 79.9 cm³/mol. The molecule has 0 aromatic heterocycles. The van der Waals surface area contributed by atoms with E-state index in [1.54, 1.807) is 30.3 Å². The van der Waals surface area contributed by atoms with Gasteiger partial charge in [-0.1, -0.05) is 30.3 Å². The van der Waals surface area contributed by atoms with E-state index in [0.29, 0.717) is 0 Å². The van der Waals surface area contributed by atoms with Crippen LogP contribution >= 0.6 is 0 Å². The van der Waals surface area contributed by atoms with Crippen LogP contribution in [0.25, 0.3) is 0 Å². The molecule has 0 aliphatic rings. The lowest BCUT2D eigenvalue weighted by molar-refractivity contribution is -0.120. The third kappa shape index (κ3) is 4.64. The summed E-state index contributed by atoms with van der Waals surface area (Å²) in [6.45, 7) is -0.162. The highest BCUT2D eigenvalue weighted by atomic mass is 32.2. The molecule has 0 fully saturated rings. The van der Waals surface area contributed by atoms with Gasteiger partial charge in [0.05, 0.1) is 11.4 Å². The molecule has 0 atom stereocenters. The van der Waals surface area contributed by atoms with Crippen molar-refractivity contribution in [3.05, 3.63) is 66.0 Å². The molecule has 2 N–H and O–H groups in total. The molecule has 116 valence electrons. The topological polar surface area (TPSA) is 75.3 Å². The Hall–Kier alpha value is -2.25. The standard InChI is InChI=1S/C15H15FN2O3S/c16-13-8-6-12(7-9-13)10-17-15(19)11-18-22(20,21)14-4-2-1-3-5-14/h1-9,18H,10-11H2,(H,17,19). The van der Waals surface area contributed by atoms with Gasteiger partial charge in [0.1, 0.15) is 5.82 Å². The van der Waals surface area contributed by atoms with Gasteiger partial charge in [-0.05, 0) is 29.8 Å². The van der Waals surface area contributed by atoms with E-state index in [2.05, 4.69) is 10.0 Å². The second-order valence-corrected chi connectivity index (χ2v) is 6.31. The van der Waals surface area contributed by atoms with Gasteiger partial charge in [0.2, 0.25) is 15.9 Å². The Morgan fingerprint density at radius 2 is 1.64 bits per heavy atom. The highest BCUT2D eigenvalue weighted by Gasteiger charge is 2.14. The Balaban J connectivity index is 1.84. The monoisotopic (exact) mass is 322 g/mol. The van der Waals surface area contributed by atoms with Crippen molar-refractivity contribution >= 4 is 15.9 Å². The third-order valence-corrected chi connectivity index (χ3v) is 4.30. The molecule has 0 bridgehead atoms. The van der Waals surface area contributed by atoms with Crippen molar-refractivity contribution in [3.63, 3.8) is 0 Å².